The van der Waals surface area contributed by atoms with E-state index in [0.717, 1.165) is 26.2 Å². The summed E-state index contributed by atoms with van der Waals surface area (Å²) < 4.78 is 128. The maximum Gasteiger partial charge on any atom is 0.244 e. The van der Waals surface area contributed by atoms with E-state index in [0.29, 0.717) is 0 Å². The molecular formula is C36H35F12N7P2. The summed E-state index contributed by atoms with van der Waals surface area (Å²) in [6.45, 7) is 7.72. The third-order valence-electron chi connectivity index (χ3n) is 7.05. The van der Waals surface area contributed by atoms with Crippen LogP contribution in [0.15, 0.2) is 110 Å². The summed E-state index contributed by atoms with van der Waals surface area (Å²) in [6, 6.07) is 32.0. The molecule has 8 bridgehead atoms. The molecule has 2 aromatic heterocycles. The first-order valence-corrected chi connectivity index (χ1v) is 20.1. The number of hydrogen-bond donors (Lipinski definition) is 0. The van der Waals surface area contributed by atoms with Crippen molar-refractivity contribution in [2.75, 3.05) is 0 Å². The normalized spacial score (nSPS) is 14.1. The van der Waals surface area contributed by atoms with Gasteiger partial charge in [0.15, 0.2) is 0 Å². The molecule has 8 rings (SSSR count). The van der Waals surface area contributed by atoms with Crippen molar-refractivity contribution in [1.82, 2.24) is 9.13 Å². The number of hydrogen-bond acceptors (Lipinski definition) is 3. The van der Waals surface area contributed by atoms with Crippen molar-refractivity contribution in [3.8, 4) is 18.2 Å². The van der Waals surface area contributed by atoms with E-state index < -0.39 is 15.6 Å². The molecule has 308 valence electrons. The predicted molar refractivity (Wildman–Crippen MR) is 195 cm³/mol. The van der Waals surface area contributed by atoms with Crippen LogP contribution in [0, 0.1) is 34.0 Å². The number of nitriles is 3. The van der Waals surface area contributed by atoms with E-state index in [-0.39, 0.29) is 0 Å². The molecule has 21 heteroatoms. The summed E-state index contributed by atoms with van der Waals surface area (Å²) in [5.74, 6) is 0. The Labute approximate surface area is 318 Å². The predicted octanol–water partition coefficient (Wildman–Crippen LogP) is 13.0. The molecule has 2 aliphatic rings. The molecule has 2 aliphatic heterocycles. The van der Waals surface area contributed by atoms with Gasteiger partial charge >= 0.3 is 66.0 Å². The van der Waals surface area contributed by atoms with Gasteiger partial charge in [-0.15, -0.1) is 0 Å². The average Bonchev–Trinajstić information content (AvgIpc) is 3.69. The zero-order valence-corrected chi connectivity index (χ0v) is 32.1. The molecule has 0 unspecified atom stereocenters. The van der Waals surface area contributed by atoms with Crippen molar-refractivity contribution in [3.63, 3.8) is 0 Å². The quantitative estimate of drug-likeness (QED) is 0.0658. The molecule has 57 heavy (non-hydrogen) atoms. The molecule has 0 atom stereocenters. The topological polar surface area (TPSA) is 89.0 Å². The molecule has 4 heterocycles. The van der Waals surface area contributed by atoms with Crippen LogP contribution in [0.4, 0.5) is 50.4 Å². The number of rotatable bonds is 0. The number of benzene rings is 4. The molecule has 0 saturated carbocycles. The second-order valence-corrected chi connectivity index (χ2v) is 15.8. The SMILES string of the molecule is CC#N.CC#N.CC#N.F[P-](F)(F)(F)(F)F.F[P-](F)(F)(F)(F)F.c1cc2cc(c1)C[n+]1ccn(c1)Cc1c3ccccc3c(c3ccccc13)Cn1cc[n+](c1)C2. The minimum atomic E-state index is -10.7. The van der Waals surface area contributed by atoms with Crippen molar-refractivity contribution in [3.05, 3.63) is 132 Å². The van der Waals surface area contributed by atoms with Gasteiger partial charge in [0.2, 0.25) is 12.7 Å². The summed E-state index contributed by atoms with van der Waals surface area (Å²) in [4.78, 5) is 0. The standard InChI is InChI=1S/C30H26N4.3C2H3N.2F6P/c1-2-9-26-25(8-1)29-19-33-14-12-31(21-33)17-23-6-5-7-24(16-23)18-32-13-15-34(22-32)20-30(26)28-11-4-3-10-27(28)29;3*1-2-3;2*1-7(2,3,4,5)6/h1-16,21-22H,17-20H2;3*1H3;;/q+2;;;;2*-1. The van der Waals surface area contributed by atoms with Gasteiger partial charge in [-0.25, -0.2) is 18.3 Å². The maximum absolute atomic E-state index is 10.7. The van der Waals surface area contributed by atoms with Crippen molar-refractivity contribution in [1.29, 1.82) is 15.8 Å². The third-order valence-corrected chi connectivity index (χ3v) is 7.05. The van der Waals surface area contributed by atoms with Crippen LogP contribution in [0.25, 0.3) is 21.5 Å². The summed E-state index contributed by atoms with van der Waals surface area (Å²) in [6.07, 6.45) is 13.2. The monoisotopic (exact) mass is 855 g/mol. The van der Waals surface area contributed by atoms with Gasteiger partial charge in [0.1, 0.15) is 51.0 Å². The molecule has 7 nitrogen and oxygen atoms in total. The summed E-state index contributed by atoms with van der Waals surface area (Å²) in [5, 5.41) is 27.3. The summed E-state index contributed by atoms with van der Waals surface area (Å²) in [7, 11) is -21.3. The minimum absolute atomic E-state index is 0.845. The van der Waals surface area contributed by atoms with Gasteiger partial charge < -0.3 is 0 Å². The van der Waals surface area contributed by atoms with Gasteiger partial charge in [-0.05, 0) is 38.7 Å². The average molecular weight is 856 g/mol. The van der Waals surface area contributed by atoms with Crippen molar-refractivity contribution in [2.45, 2.75) is 47.0 Å². The van der Waals surface area contributed by atoms with Crippen LogP contribution in [-0.4, -0.2) is 9.13 Å². The first kappa shape index (κ1) is 47.5. The van der Waals surface area contributed by atoms with E-state index >= 15 is 0 Å². The Hall–Kier alpha value is -5.69. The largest absolute Gasteiger partial charge is 0.244 e. The molecule has 0 amide bonds. The van der Waals surface area contributed by atoms with E-state index in [9.17, 15) is 50.4 Å². The summed E-state index contributed by atoms with van der Waals surface area (Å²) in [5.41, 5.74) is 5.41. The van der Waals surface area contributed by atoms with E-state index in [4.69, 9.17) is 15.8 Å². The Bertz CT molecular complexity index is 2190. The van der Waals surface area contributed by atoms with Crippen LogP contribution in [0.5, 0.6) is 0 Å². The van der Waals surface area contributed by atoms with E-state index in [1.807, 2.05) is 0 Å². The number of nitrogens with zero attached hydrogens (tertiary/aromatic N) is 7. The maximum atomic E-state index is 9.87. The molecule has 0 N–H and O–H groups in total. The number of imidazole rings is 2. The van der Waals surface area contributed by atoms with Gasteiger partial charge in [-0.2, -0.15) is 15.8 Å². The van der Waals surface area contributed by atoms with Crippen LogP contribution in [-0.2, 0) is 26.2 Å². The van der Waals surface area contributed by atoms with E-state index in [1.54, 1.807) is 18.2 Å². The van der Waals surface area contributed by atoms with Crippen LogP contribution in [0.2, 0.25) is 0 Å². The first-order chi connectivity index (χ1) is 25.9. The van der Waals surface area contributed by atoms with Crippen molar-refractivity contribution < 1.29 is 59.5 Å². The Kier molecular flexibility index (Phi) is 14.0. The number of aromatic nitrogens is 4. The van der Waals surface area contributed by atoms with Gasteiger partial charge in [0.25, 0.3) is 0 Å². The molecular weight excluding hydrogens is 820 g/mol. The van der Waals surface area contributed by atoms with E-state index in [2.05, 4.69) is 129 Å². The molecule has 0 aliphatic carbocycles. The Morgan fingerprint density at radius 3 is 1.02 bits per heavy atom. The minimum Gasteiger partial charge on any atom is -0.233 e. The molecule has 6 aromatic rings. The Morgan fingerprint density at radius 1 is 0.491 bits per heavy atom. The van der Waals surface area contributed by atoms with Crippen LogP contribution >= 0.6 is 15.6 Å². The molecule has 0 fully saturated rings. The zero-order valence-electron chi connectivity index (χ0n) is 30.3. The fraction of sp³-hybridized carbons (Fsp3) is 0.194. The summed E-state index contributed by atoms with van der Waals surface area (Å²) >= 11 is 0. The Morgan fingerprint density at radius 2 is 0.754 bits per heavy atom. The van der Waals surface area contributed by atoms with Crippen LogP contribution in [0.3, 0.4) is 0 Å². The molecule has 0 spiro atoms. The Balaban J connectivity index is 0.000000404. The van der Waals surface area contributed by atoms with Gasteiger partial charge in [0.05, 0.1) is 18.2 Å². The second-order valence-electron chi connectivity index (χ2n) is 12.0. The fourth-order valence-electron chi connectivity index (χ4n) is 5.51. The fourth-order valence-corrected chi connectivity index (χ4v) is 5.51. The van der Waals surface area contributed by atoms with Crippen LogP contribution in [0.1, 0.15) is 43.0 Å². The first-order valence-electron chi connectivity index (χ1n) is 16.1. The van der Waals surface area contributed by atoms with Gasteiger partial charge in [-0.3, -0.25) is 0 Å². The molecule has 4 aromatic carbocycles. The third kappa shape index (κ3) is 20.2. The van der Waals surface area contributed by atoms with Gasteiger partial charge in [0, 0.05) is 31.9 Å². The number of halogens is 12. The molecule has 0 radical (unpaired) electrons. The molecule has 0 saturated heterocycles. The van der Waals surface area contributed by atoms with Crippen molar-refractivity contribution >= 4 is 37.2 Å². The second kappa shape index (κ2) is 16.8. The smallest absolute Gasteiger partial charge is 0.233 e. The zero-order chi connectivity index (χ0) is 43.4. The van der Waals surface area contributed by atoms with Gasteiger partial charge in [-0.1, -0.05) is 66.7 Å². The van der Waals surface area contributed by atoms with Crippen LogP contribution < -0.4 is 9.13 Å². The van der Waals surface area contributed by atoms with E-state index in [1.165, 1.54) is 64.6 Å². The van der Waals surface area contributed by atoms with Crippen molar-refractivity contribution in [2.24, 2.45) is 0 Å².